The van der Waals surface area contributed by atoms with Crippen LogP contribution in [0.3, 0.4) is 0 Å². The van der Waals surface area contributed by atoms with Gasteiger partial charge in [0.1, 0.15) is 17.3 Å². The van der Waals surface area contributed by atoms with Crippen LogP contribution in [0.4, 0.5) is 5.82 Å². The van der Waals surface area contributed by atoms with E-state index in [4.69, 9.17) is 4.74 Å². The Kier molecular flexibility index (Phi) is 4.76. The highest BCUT2D eigenvalue weighted by Crippen LogP contribution is 2.36. The summed E-state index contributed by atoms with van der Waals surface area (Å²) < 4.78 is 6.05. The highest BCUT2D eigenvalue weighted by Gasteiger charge is 2.13. The van der Waals surface area contributed by atoms with Crippen LogP contribution in [0.5, 0.6) is 23.0 Å². The molecule has 0 saturated carbocycles. The van der Waals surface area contributed by atoms with Crippen LogP contribution in [-0.2, 0) is 0 Å². The SMILES string of the molecule is O=C(Nc1ccccn1)c1cccc2cc(Oc3ccnc4cc(O)c(O)cc34)ccc12. The number of aromatic hydroxyl groups is 2. The average molecular weight is 423 g/mol. The molecule has 2 aromatic heterocycles. The quantitative estimate of drug-likeness (QED) is 0.342. The first kappa shape index (κ1) is 19.3. The van der Waals surface area contributed by atoms with Crippen molar-refractivity contribution in [3.8, 4) is 23.0 Å². The molecule has 0 aliphatic carbocycles. The fourth-order valence-corrected chi connectivity index (χ4v) is 3.50. The minimum atomic E-state index is -0.252. The number of benzene rings is 3. The largest absolute Gasteiger partial charge is 0.504 e. The van der Waals surface area contributed by atoms with E-state index >= 15 is 0 Å². The molecular formula is C25H17N3O4. The number of ether oxygens (including phenoxy) is 1. The van der Waals surface area contributed by atoms with Crippen LogP contribution >= 0.6 is 0 Å². The molecule has 5 rings (SSSR count). The summed E-state index contributed by atoms with van der Waals surface area (Å²) >= 11 is 0. The summed E-state index contributed by atoms with van der Waals surface area (Å²) in [5, 5.41) is 24.5. The summed E-state index contributed by atoms with van der Waals surface area (Å²) in [5.41, 5.74) is 1.02. The summed E-state index contributed by atoms with van der Waals surface area (Å²) in [6.45, 7) is 0. The van der Waals surface area contributed by atoms with Gasteiger partial charge in [-0.15, -0.1) is 0 Å². The van der Waals surface area contributed by atoms with E-state index in [2.05, 4.69) is 15.3 Å². The molecule has 0 bridgehead atoms. The van der Waals surface area contributed by atoms with Crippen molar-refractivity contribution in [2.45, 2.75) is 0 Å². The highest BCUT2D eigenvalue weighted by atomic mass is 16.5. The molecule has 0 radical (unpaired) electrons. The summed E-state index contributed by atoms with van der Waals surface area (Å²) in [5.74, 6) is 0.766. The van der Waals surface area contributed by atoms with Crippen LogP contribution in [0.2, 0.25) is 0 Å². The minimum absolute atomic E-state index is 0.246. The molecule has 0 saturated heterocycles. The number of fused-ring (bicyclic) bond motifs is 2. The number of phenolic OH excluding ortho intramolecular Hbond substituents is 2. The Labute approximate surface area is 182 Å². The Morgan fingerprint density at radius 2 is 1.69 bits per heavy atom. The summed E-state index contributed by atoms with van der Waals surface area (Å²) in [7, 11) is 0. The monoisotopic (exact) mass is 423 g/mol. The van der Waals surface area contributed by atoms with Crippen LogP contribution in [0, 0.1) is 0 Å². The van der Waals surface area contributed by atoms with Crippen LogP contribution in [0.1, 0.15) is 10.4 Å². The molecule has 0 aliphatic rings. The van der Waals surface area contributed by atoms with Crippen molar-refractivity contribution in [2.24, 2.45) is 0 Å². The third-order valence-electron chi connectivity index (χ3n) is 5.03. The Morgan fingerprint density at radius 3 is 2.53 bits per heavy atom. The van der Waals surface area contributed by atoms with Crippen LogP contribution in [0.15, 0.2) is 85.2 Å². The molecular weight excluding hydrogens is 406 g/mol. The van der Waals surface area contributed by atoms with Gasteiger partial charge in [0.05, 0.1) is 5.52 Å². The predicted octanol–water partition coefficient (Wildman–Crippen LogP) is 5.24. The third kappa shape index (κ3) is 3.63. The number of phenols is 2. The number of amides is 1. The molecule has 0 atom stereocenters. The van der Waals surface area contributed by atoms with Crippen LogP contribution < -0.4 is 10.1 Å². The number of carbonyl (C=O) groups is 1. The van der Waals surface area contributed by atoms with Gasteiger partial charge in [0.15, 0.2) is 11.5 Å². The minimum Gasteiger partial charge on any atom is -0.504 e. The summed E-state index contributed by atoms with van der Waals surface area (Å²) in [6, 6.07) is 20.7. The Bertz CT molecular complexity index is 1470. The average Bonchev–Trinajstić information content (AvgIpc) is 2.80. The standard InChI is InChI=1S/C25H17N3O4/c29-21-13-19-20(14-22(21)30)26-11-9-23(19)32-16-7-8-17-15(12-16)4-3-5-18(17)25(31)28-24-6-1-2-10-27-24/h1-14,29-30H,(H,27,28,31). The predicted molar refractivity (Wildman–Crippen MR) is 121 cm³/mol. The first-order valence-electron chi connectivity index (χ1n) is 9.82. The van der Waals surface area contributed by atoms with E-state index in [0.717, 1.165) is 10.8 Å². The van der Waals surface area contributed by atoms with Crippen LogP contribution in [-0.4, -0.2) is 26.1 Å². The molecule has 32 heavy (non-hydrogen) atoms. The van der Waals surface area contributed by atoms with Gasteiger partial charge in [-0.25, -0.2) is 4.98 Å². The maximum Gasteiger partial charge on any atom is 0.257 e. The van der Waals surface area contributed by atoms with Gasteiger partial charge in [-0.1, -0.05) is 18.2 Å². The van der Waals surface area contributed by atoms with Crippen molar-refractivity contribution in [3.63, 3.8) is 0 Å². The van der Waals surface area contributed by atoms with Gasteiger partial charge in [0.2, 0.25) is 0 Å². The van der Waals surface area contributed by atoms with Gasteiger partial charge in [0.25, 0.3) is 5.91 Å². The molecule has 156 valence electrons. The van der Waals surface area contributed by atoms with E-state index in [9.17, 15) is 15.0 Å². The maximum absolute atomic E-state index is 12.8. The van der Waals surface area contributed by atoms with Gasteiger partial charge in [-0.2, -0.15) is 0 Å². The van der Waals surface area contributed by atoms with Crippen molar-refractivity contribution in [3.05, 3.63) is 90.8 Å². The molecule has 7 heteroatoms. The number of hydrogen-bond acceptors (Lipinski definition) is 6. The fourth-order valence-electron chi connectivity index (χ4n) is 3.50. The first-order chi connectivity index (χ1) is 15.6. The third-order valence-corrected chi connectivity index (χ3v) is 5.03. The Balaban J connectivity index is 1.48. The van der Waals surface area contributed by atoms with Gasteiger partial charge in [-0.3, -0.25) is 9.78 Å². The van der Waals surface area contributed by atoms with Crippen molar-refractivity contribution in [1.29, 1.82) is 0 Å². The number of hydrogen-bond donors (Lipinski definition) is 3. The molecule has 0 spiro atoms. The fraction of sp³-hybridized carbons (Fsp3) is 0. The molecule has 5 aromatic rings. The molecule has 0 aliphatic heterocycles. The van der Waals surface area contributed by atoms with Gasteiger partial charge < -0.3 is 20.3 Å². The van der Waals surface area contributed by atoms with E-state index < -0.39 is 0 Å². The molecule has 2 heterocycles. The lowest BCUT2D eigenvalue weighted by atomic mass is 10.0. The number of carbonyl (C=O) groups excluding carboxylic acids is 1. The highest BCUT2D eigenvalue weighted by molar-refractivity contribution is 6.12. The summed E-state index contributed by atoms with van der Waals surface area (Å²) in [4.78, 5) is 21.1. The molecule has 0 unspecified atom stereocenters. The number of rotatable bonds is 4. The Morgan fingerprint density at radius 1 is 0.812 bits per heavy atom. The lowest BCUT2D eigenvalue weighted by molar-refractivity contribution is 0.102. The van der Waals surface area contributed by atoms with Gasteiger partial charge >= 0.3 is 0 Å². The summed E-state index contributed by atoms with van der Waals surface area (Å²) in [6.07, 6.45) is 3.18. The second-order valence-corrected chi connectivity index (χ2v) is 7.13. The second kappa shape index (κ2) is 7.88. The van der Waals surface area contributed by atoms with E-state index in [1.807, 2.05) is 24.3 Å². The van der Waals surface area contributed by atoms with E-state index in [-0.39, 0.29) is 17.4 Å². The van der Waals surface area contributed by atoms with Gasteiger partial charge in [-0.05, 0) is 59.3 Å². The normalized spacial score (nSPS) is 10.9. The molecule has 7 nitrogen and oxygen atoms in total. The van der Waals surface area contributed by atoms with Gasteiger partial charge in [0, 0.05) is 29.4 Å². The van der Waals surface area contributed by atoms with Crippen molar-refractivity contribution in [2.75, 3.05) is 5.32 Å². The van der Waals surface area contributed by atoms with E-state index in [0.29, 0.717) is 33.8 Å². The zero-order chi connectivity index (χ0) is 22.1. The van der Waals surface area contributed by atoms with E-state index in [1.54, 1.807) is 48.8 Å². The van der Waals surface area contributed by atoms with Crippen molar-refractivity contribution in [1.82, 2.24) is 9.97 Å². The smallest absolute Gasteiger partial charge is 0.257 e. The van der Waals surface area contributed by atoms with E-state index in [1.165, 1.54) is 12.1 Å². The molecule has 3 aromatic carbocycles. The first-order valence-corrected chi connectivity index (χ1v) is 9.82. The van der Waals surface area contributed by atoms with Crippen molar-refractivity contribution < 1.29 is 19.7 Å². The zero-order valence-electron chi connectivity index (χ0n) is 16.7. The van der Waals surface area contributed by atoms with Crippen LogP contribution in [0.25, 0.3) is 21.7 Å². The number of nitrogens with one attached hydrogen (secondary N) is 1. The number of aromatic nitrogens is 2. The molecule has 0 fully saturated rings. The number of anilines is 1. The topological polar surface area (TPSA) is 105 Å². The molecule has 3 N–H and O–H groups in total. The number of nitrogens with zero attached hydrogens (tertiary/aromatic N) is 2. The Hall–Kier alpha value is -4.65. The maximum atomic E-state index is 12.8. The van der Waals surface area contributed by atoms with Crippen molar-refractivity contribution >= 4 is 33.4 Å². The zero-order valence-corrected chi connectivity index (χ0v) is 16.7. The lowest BCUT2D eigenvalue weighted by Crippen LogP contribution is -2.13. The lowest BCUT2D eigenvalue weighted by Gasteiger charge is -2.12. The number of pyridine rings is 2. The second-order valence-electron chi connectivity index (χ2n) is 7.13. The molecule has 1 amide bonds.